The van der Waals surface area contributed by atoms with E-state index >= 15 is 0 Å². The largest absolute Gasteiger partial charge is 0.309 e. The number of thiophene rings is 1. The third-order valence-electron chi connectivity index (χ3n) is 2.16. The lowest BCUT2D eigenvalue weighted by molar-refractivity contribution is 0.425. The van der Waals surface area contributed by atoms with Gasteiger partial charge in [-0.1, -0.05) is 6.92 Å². The summed E-state index contributed by atoms with van der Waals surface area (Å²) in [7, 11) is 2.15. The van der Waals surface area contributed by atoms with Crippen molar-refractivity contribution in [2.75, 3.05) is 20.1 Å². The fraction of sp³-hybridized carbons (Fsp3) is 0.556. The molecule has 0 bridgehead atoms. The molecule has 1 aromatic heterocycles. The maximum atomic E-state index is 3.51. The molecule has 0 spiro atoms. The first kappa shape index (κ1) is 9.52. The molecule has 4 heteroatoms. The van der Waals surface area contributed by atoms with Crippen LogP contribution in [0.2, 0.25) is 0 Å². The minimum atomic E-state index is 0.525. The van der Waals surface area contributed by atoms with E-state index in [1.807, 2.05) is 23.3 Å². The molecule has 1 aliphatic rings. The van der Waals surface area contributed by atoms with Gasteiger partial charge in [0.1, 0.15) is 0 Å². The highest BCUT2D eigenvalue weighted by atomic mass is 32.2. The fourth-order valence-corrected chi connectivity index (χ4v) is 3.82. The maximum Gasteiger partial charge on any atom is 0.0801 e. The molecular weight excluding hydrogens is 200 g/mol. The Bertz CT molecular complexity index is 285. The summed E-state index contributed by atoms with van der Waals surface area (Å²) in [5.41, 5.74) is 1.48. The average Bonchev–Trinajstić information content (AvgIpc) is 2.52. The monoisotopic (exact) mass is 214 g/mol. The van der Waals surface area contributed by atoms with E-state index in [0.29, 0.717) is 6.04 Å². The molecule has 0 aromatic carbocycles. The van der Waals surface area contributed by atoms with Crippen molar-refractivity contribution in [3.05, 3.63) is 17.0 Å². The maximum absolute atomic E-state index is 3.51. The van der Waals surface area contributed by atoms with Gasteiger partial charge in [0.05, 0.1) is 4.21 Å². The lowest BCUT2D eigenvalue weighted by atomic mass is 10.1. The number of rotatable bonds is 2. The van der Waals surface area contributed by atoms with Crippen molar-refractivity contribution in [3.63, 3.8) is 0 Å². The molecular formula is C9H14N2S2. The van der Waals surface area contributed by atoms with E-state index in [1.54, 1.807) is 0 Å². The summed E-state index contributed by atoms with van der Waals surface area (Å²) in [6, 6.07) is 2.77. The van der Waals surface area contributed by atoms with Crippen LogP contribution in [0.1, 0.15) is 18.5 Å². The first-order valence-corrected chi connectivity index (χ1v) is 6.16. The van der Waals surface area contributed by atoms with Gasteiger partial charge >= 0.3 is 0 Å². The van der Waals surface area contributed by atoms with Crippen LogP contribution in [-0.2, 0) is 0 Å². The van der Waals surface area contributed by atoms with Crippen molar-refractivity contribution in [2.24, 2.45) is 0 Å². The zero-order valence-corrected chi connectivity index (χ0v) is 9.54. The highest BCUT2D eigenvalue weighted by Crippen LogP contribution is 2.39. The van der Waals surface area contributed by atoms with E-state index < -0.39 is 0 Å². The molecule has 0 aliphatic carbocycles. The molecule has 1 aromatic rings. The molecule has 1 N–H and O–H groups in total. The van der Waals surface area contributed by atoms with Crippen molar-refractivity contribution in [3.8, 4) is 0 Å². The topological polar surface area (TPSA) is 15.3 Å². The summed E-state index contributed by atoms with van der Waals surface area (Å²) in [5.74, 6) is 0. The molecule has 0 amide bonds. The van der Waals surface area contributed by atoms with E-state index in [1.165, 1.54) is 9.77 Å². The normalized spacial score (nSPS) is 23.1. The Balaban J connectivity index is 2.22. The van der Waals surface area contributed by atoms with Gasteiger partial charge in [-0.05, 0) is 42.6 Å². The molecule has 0 saturated heterocycles. The van der Waals surface area contributed by atoms with E-state index in [9.17, 15) is 0 Å². The van der Waals surface area contributed by atoms with Gasteiger partial charge in [0.2, 0.25) is 0 Å². The van der Waals surface area contributed by atoms with Crippen LogP contribution < -0.4 is 5.32 Å². The van der Waals surface area contributed by atoms with Crippen LogP contribution in [0.15, 0.2) is 15.7 Å². The van der Waals surface area contributed by atoms with Gasteiger partial charge < -0.3 is 5.32 Å². The number of likely N-dealkylation sites (N-methyl/N-ethyl adjacent to an activating group) is 2. The number of nitrogens with one attached hydrogen (secondary N) is 1. The Morgan fingerprint density at radius 2 is 2.54 bits per heavy atom. The summed E-state index contributed by atoms with van der Waals surface area (Å²) in [6.07, 6.45) is 0. The Labute approximate surface area is 87.5 Å². The molecule has 72 valence electrons. The van der Waals surface area contributed by atoms with Gasteiger partial charge in [-0.15, -0.1) is 11.3 Å². The van der Waals surface area contributed by atoms with Crippen LogP contribution in [0.3, 0.4) is 0 Å². The van der Waals surface area contributed by atoms with Crippen LogP contribution in [-0.4, -0.2) is 24.4 Å². The fourth-order valence-electron chi connectivity index (χ4n) is 1.59. The number of fused-ring (bicyclic) bond motifs is 1. The predicted octanol–water partition coefficient (Wildman–Crippen LogP) is 2.35. The van der Waals surface area contributed by atoms with E-state index in [2.05, 4.69) is 35.0 Å². The standard InChI is InChI=1S/C9H14N2S2/c1-3-10-8-6-11(2)13-9-7(8)4-5-12-9/h4-5,8,10H,3,6H2,1-2H3. The van der Waals surface area contributed by atoms with Gasteiger partial charge in [-0.25, -0.2) is 4.31 Å². The minimum absolute atomic E-state index is 0.525. The number of hydrogen-bond donors (Lipinski definition) is 1. The van der Waals surface area contributed by atoms with Crippen molar-refractivity contribution >= 4 is 23.3 Å². The van der Waals surface area contributed by atoms with Gasteiger partial charge in [0, 0.05) is 12.6 Å². The van der Waals surface area contributed by atoms with Gasteiger partial charge in [0.25, 0.3) is 0 Å². The molecule has 1 aliphatic heterocycles. The van der Waals surface area contributed by atoms with Crippen LogP contribution in [0.4, 0.5) is 0 Å². The second-order valence-electron chi connectivity index (χ2n) is 3.18. The first-order chi connectivity index (χ1) is 6.31. The van der Waals surface area contributed by atoms with Gasteiger partial charge in [-0.2, -0.15) is 0 Å². The summed E-state index contributed by atoms with van der Waals surface area (Å²) in [6.45, 7) is 4.30. The van der Waals surface area contributed by atoms with Crippen LogP contribution in [0.5, 0.6) is 0 Å². The summed E-state index contributed by atoms with van der Waals surface area (Å²) in [4.78, 5) is 0. The smallest absolute Gasteiger partial charge is 0.0801 e. The lowest BCUT2D eigenvalue weighted by Crippen LogP contribution is -2.32. The predicted molar refractivity (Wildman–Crippen MR) is 59.2 cm³/mol. The van der Waals surface area contributed by atoms with Crippen molar-refractivity contribution < 1.29 is 0 Å². The van der Waals surface area contributed by atoms with Crippen molar-refractivity contribution in [1.82, 2.24) is 9.62 Å². The van der Waals surface area contributed by atoms with Crippen LogP contribution in [0.25, 0.3) is 0 Å². The minimum Gasteiger partial charge on any atom is -0.309 e. The van der Waals surface area contributed by atoms with Gasteiger partial charge in [-0.3, -0.25) is 0 Å². The average molecular weight is 214 g/mol. The molecule has 0 radical (unpaired) electrons. The highest BCUT2D eigenvalue weighted by molar-refractivity contribution is 7.99. The SMILES string of the molecule is CCNC1CN(C)Sc2sccc21. The molecule has 2 heterocycles. The van der Waals surface area contributed by atoms with Gasteiger partial charge in [0.15, 0.2) is 0 Å². The summed E-state index contributed by atoms with van der Waals surface area (Å²) in [5, 5.41) is 5.69. The Kier molecular flexibility index (Phi) is 2.93. The second-order valence-corrected chi connectivity index (χ2v) is 5.56. The van der Waals surface area contributed by atoms with E-state index in [0.717, 1.165) is 13.1 Å². The molecule has 1 atom stereocenters. The molecule has 0 fully saturated rings. The number of nitrogens with zero attached hydrogens (tertiary/aromatic N) is 1. The highest BCUT2D eigenvalue weighted by Gasteiger charge is 2.23. The second kappa shape index (κ2) is 4.00. The van der Waals surface area contributed by atoms with E-state index in [4.69, 9.17) is 0 Å². The first-order valence-electron chi connectivity index (χ1n) is 4.51. The Morgan fingerprint density at radius 3 is 3.31 bits per heavy atom. The van der Waals surface area contributed by atoms with Crippen LogP contribution in [0, 0.1) is 0 Å². The molecule has 2 nitrogen and oxygen atoms in total. The Morgan fingerprint density at radius 1 is 1.69 bits per heavy atom. The molecule has 0 saturated carbocycles. The number of hydrogen-bond acceptors (Lipinski definition) is 4. The van der Waals surface area contributed by atoms with E-state index in [-0.39, 0.29) is 0 Å². The van der Waals surface area contributed by atoms with Crippen molar-refractivity contribution in [2.45, 2.75) is 17.2 Å². The third kappa shape index (κ3) is 1.91. The van der Waals surface area contributed by atoms with Crippen LogP contribution >= 0.6 is 23.3 Å². The molecule has 2 rings (SSSR count). The third-order valence-corrected chi connectivity index (χ3v) is 4.26. The zero-order chi connectivity index (χ0) is 9.26. The molecule has 13 heavy (non-hydrogen) atoms. The Hall–Kier alpha value is -0.0300. The zero-order valence-electron chi connectivity index (χ0n) is 7.91. The summed E-state index contributed by atoms with van der Waals surface area (Å²) < 4.78 is 3.74. The lowest BCUT2D eigenvalue weighted by Gasteiger charge is -2.29. The summed E-state index contributed by atoms with van der Waals surface area (Å²) >= 11 is 3.70. The molecule has 1 unspecified atom stereocenters. The quantitative estimate of drug-likeness (QED) is 0.761. The van der Waals surface area contributed by atoms with Crippen molar-refractivity contribution in [1.29, 1.82) is 0 Å².